The van der Waals surface area contributed by atoms with Gasteiger partial charge in [0.15, 0.2) is 0 Å². The standard InChI is InChI=1S/C10H10ClN3O4/c1-2-18-10(15)13-12-6-7-8(11)4-3-5-9(7)14(16)17/h3-6H,2H2,1H3,(H,13,15). The molecule has 8 heteroatoms. The molecule has 0 atom stereocenters. The second-order valence-corrected chi connectivity index (χ2v) is 3.43. The van der Waals surface area contributed by atoms with Crippen molar-refractivity contribution >= 4 is 29.6 Å². The lowest BCUT2D eigenvalue weighted by Gasteiger charge is -2.01. The summed E-state index contributed by atoms with van der Waals surface area (Å²) in [5.74, 6) is 0. The highest BCUT2D eigenvalue weighted by molar-refractivity contribution is 6.33. The maximum absolute atomic E-state index is 10.9. The number of halogens is 1. The average Bonchev–Trinajstić information content (AvgIpc) is 2.31. The SMILES string of the molecule is CCOC(=O)NN=Cc1c(Cl)cccc1[N+](=O)[O-]. The molecule has 96 valence electrons. The first-order chi connectivity index (χ1) is 8.56. The van der Waals surface area contributed by atoms with Gasteiger partial charge in [0.1, 0.15) is 0 Å². The molecule has 0 unspecified atom stereocenters. The molecule has 1 amide bonds. The van der Waals surface area contributed by atoms with Gasteiger partial charge in [0.2, 0.25) is 0 Å². The summed E-state index contributed by atoms with van der Waals surface area (Å²) in [6, 6.07) is 4.23. The van der Waals surface area contributed by atoms with E-state index >= 15 is 0 Å². The predicted molar refractivity (Wildman–Crippen MR) is 65.9 cm³/mol. The smallest absolute Gasteiger partial charge is 0.427 e. The molecule has 0 saturated heterocycles. The number of carbonyl (C=O) groups is 1. The molecule has 0 aliphatic heterocycles. The van der Waals surface area contributed by atoms with Crippen LogP contribution in [0.5, 0.6) is 0 Å². The van der Waals surface area contributed by atoms with Crippen LogP contribution in [0.4, 0.5) is 10.5 Å². The number of hydrogen-bond acceptors (Lipinski definition) is 5. The summed E-state index contributed by atoms with van der Waals surface area (Å²) >= 11 is 5.81. The van der Waals surface area contributed by atoms with E-state index in [2.05, 4.69) is 15.3 Å². The van der Waals surface area contributed by atoms with Crippen LogP contribution in [-0.2, 0) is 4.74 Å². The highest BCUT2D eigenvalue weighted by Crippen LogP contribution is 2.24. The van der Waals surface area contributed by atoms with E-state index in [9.17, 15) is 14.9 Å². The van der Waals surface area contributed by atoms with Crippen molar-refractivity contribution in [3.8, 4) is 0 Å². The van der Waals surface area contributed by atoms with Crippen LogP contribution in [0.15, 0.2) is 23.3 Å². The second kappa shape index (κ2) is 6.55. The fourth-order valence-corrected chi connectivity index (χ4v) is 1.34. The number of benzene rings is 1. The second-order valence-electron chi connectivity index (χ2n) is 3.02. The van der Waals surface area contributed by atoms with Crippen LogP contribution in [0.2, 0.25) is 5.02 Å². The molecule has 0 saturated carbocycles. The monoisotopic (exact) mass is 271 g/mol. The molecule has 1 aromatic carbocycles. The van der Waals surface area contributed by atoms with Gasteiger partial charge in [-0.3, -0.25) is 10.1 Å². The third-order valence-electron chi connectivity index (χ3n) is 1.85. The van der Waals surface area contributed by atoms with E-state index in [4.69, 9.17) is 11.6 Å². The lowest BCUT2D eigenvalue weighted by molar-refractivity contribution is -0.385. The molecule has 0 aliphatic carbocycles. The highest BCUT2D eigenvalue weighted by Gasteiger charge is 2.14. The summed E-state index contributed by atoms with van der Waals surface area (Å²) in [6.07, 6.45) is 0.348. The summed E-state index contributed by atoms with van der Waals surface area (Å²) in [5.41, 5.74) is 1.97. The van der Waals surface area contributed by atoms with Gasteiger partial charge in [-0.1, -0.05) is 17.7 Å². The minimum atomic E-state index is -0.747. The summed E-state index contributed by atoms with van der Waals surface area (Å²) in [6.45, 7) is 1.84. The van der Waals surface area contributed by atoms with Crippen LogP contribution < -0.4 is 5.43 Å². The topological polar surface area (TPSA) is 93.8 Å². The zero-order chi connectivity index (χ0) is 13.5. The first-order valence-electron chi connectivity index (χ1n) is 4.95. The van der Waals surface area contributed by atoms with E-state index in [0.717, 1.165) is 6.21 Å². The number of nitro groups is 1. The Balaban J connectivity index is 2.86. The molecule has 0 spiro atoms. The number of rotatable bonds is 4. The zero-order valence-corrected chi connectivity index (χ0v) is 10.2. The number of amides is 1. The fraction of sp³-hybridized carbons (Fsp3) is 0.200. The van der Waals surface area contributed by atoms with Gasteiger partial charge >= 0.3 is 6.09 Å². The number of nitro benzene ring substituents is 1. The van der Waals surface area contributed by atoms with Crippen molar-refractivity contribution in [3.05, 3.63) is 38.9 Å². The number of hydrazone groups is 1. The molecule has 0 bridgehead atoms. The number of nitrogens with one attached hydrogen (secondary N) is 1. The first kappa shape index (κ1) is 13.9. The van der Waals surface area contributed by atoms with Gasteiger partial charge in [-0.25, -0.2) is 10.2 Å². The van der Waals surface area contributed by atoms with E-state index in [1.165, 1.54) is 18.2 Å². The molecule has 1 rings (SSSR count). The number of carbonyl (C=O) groups excluding carboxylic acids is 1. The Kier molecular flexibility index (Phi) is 5.06. The largest absolute Gasteiger partial charge is 0.449 e. The molecular weight excluding hydrogens is 262 g/mol. The third-order valence-corrected chi connectivity index (χ3v) is 2.18. The lowest BCUT2D eigenvalue weighted by atomic mass is 10.2. The summed E-state index contributed by atoms with van der Waals surface area (Å²) in [4.78, 5) is 21.1. The van der Waals surface area contributed by atoms with E-state index < -0.39 is 11.0 Å². The molecule has 1 aromatic rings. The molecule has 7 nitrogen and oxygen atoms in total. The minimum Gasteiger partial charge on any atom is -0.449 e. The molecule has 0 heterocycles. The molecular formula is C10H10ClN3O4. The number of hydrogen-bond donors (Lipinski definition) is 1. The normalized spacial score (nSPS) is 10.3. The number of ether oxygens (including phenoxy) is 1. The Morgan fingerprint density at radius 3 is 3.00 bits per heavy atom. The number of nitrogens with zero attached hydrogens (tertiary/aromatic N) is 2. The Hall–Kier alpha value is -2.15. The summed E-state index contributed by atoms with van der Waals surface area (Å²) < 4.78 is 4.56. The van der Waals surface area contributed by atoms with Crippen LogP contribution in [0, 0.1) is 10.1 Å². The minimum absolute atomic E-state index is 0.112. The van der Waals surface area contributed by atoms with Gasteiger partial charge in [-0.15, -0.1) is 0 Å². The Bertz CT molecular complexity index is 490. The summed E-state index contributed by atoms with van der Waals surface area (Å²) in [7, 11) is 0. The van der Waals surface area contributed by atoms with Crippen molar-refractivity contribution in [2.75, 3.05) is 6.61 Å². The average molecular weight is 272 g/mol. The van der Waals surface area contributed by atoms with Gasteiger partial charge in [0.25, 0.3) is 5.69 Å². The lowest BCUT2D eigenvalue weighted by Crippen LogP contribution is -2.18. The van der Waals surface area contributed by atoms with Crippen molar-refractivity contribution in [1.29, 1.82) is 0 Å². The van der Waals surface area contributed by atoms with E-state index in [1.807, 2.05) is 0 Å². The van der Waals surface area contributed by atoms with E-state index in [-0.39, 0.29) is 22.9 Å². The molecule has 0 aliphatic rings. The van der Waals surface area contributed by atoms with Gasteiger partial charge in [-0.05, 0) is 13.0 Å². The van der Waals surface area contributed by atoms with Gasteiger partial charge < -0.3 is 4.74 Å². The summed E-state index contributed by atoms with van der Waals surface area (Å²) in [5, 5.41) is 14.4. The van der Waals surface area contributed by atoms with Crippen molar-refractivity contribution in [2.45, 2.75) is 6.92 Å². The van der Waals surface area contributed by atoms with Crippen molar-refractivity contribution in [3.63, 3.8) is 0 Å². The highest BCUT2D eigenvalue weighted by atomic mass is 35.5. The Morgan fingerprint density at radius 2 is 2.39 bits per heavy atom. The Morgan fingerprint density at radius 1 is 1.67 bits per heavy atom. The Labute approximate surface area is 108 Å². The van der Waals surface area contributed by atoms with Crippen molar-refractivity contribution in [1.82, 2.24) is 5.43 Å². The third kappa shape index (κ3) is 3.70. The molecule has 0 fully saturated rings. The van der Waals surface area contributed by atoms with Crippen molar-refractivity contribution in [2.24, 2.45) is 5.10 Å². The molecule has 18 heavy (non-hydrogen) atoms. The van der Waals surface area contributed by atoms with Crippen LogP contribution in [0.3, 0.4) is 0 Å². The van der Waals surface area contributed by atoms with Crippen LogP contribution in [-0.4, -0.2) is 23.8 Å². The maximum Gasteiger partial charge on any atom is 0.427 e. The van der Waals surface area contributed by atoms with E-state index in [1.54, 1.807) is 6.92 Å². The first-order valence-corrected chi connectivity index (χ1v) is 5.32. The molecule has 0 radical (unpaired) electrons. The van der Waals surface area contributed by atoms with Crippen LogP contribution >= 0.6 is 11.6 Å². The van der Waals surface area contributed by atoms with Crippen molar-refractivity contribution < 1.29 is 14.5 Å². The zero-order valence-electron chi connectivity index (χ0n) is 9.42. The molecule has 1 N–H and O–H groups in total. The maximum atomic E-state index is 10.9. The van der Waals surface area contributed by atoms with E-state index in [0.29, 0.717) is 0 Å². The predicted octanol–water partition coefficient (Wildman–Crippen LogP) is 2.33. The van der Waals surface area contributed by atoms with Gasteiger partial charge in [0.05, 0.1) is 28.3 Å². The van der Waals surface area contributed by atoms with Crippen LogP contribution in [0.1, 0.15) is 12.5 Å². The van der Waals surface area contributed by atoms with Gasteiger partial charge in [-0.2, -0.15) is 5.10 Å². The molecule has 0 aromatic heterocycles. The van der Waals surface area contributed by atoms with Crippen LogP contribution in [0.25, 0.3) is 0 Å². The van der Waals surface area contributed by atoms with Gasteiger partial charge in [0, 0.05) is 6.07 Å². The quantitative estimate of drug-likeness (QED) is 0.516. The fourth-order valence-electron chi connectivity index (χ4n) is 1.13.